The van der Waals surface area contributed by atoms with Gasteiger partial charge in [0.15, 0.2) is 0 Å². The summed E-state index contributed by atoms with van der Waals surface area (Å²) in [4.78, 5) is 50.9. The fraction of sp³-hybridized carbons (Fsp3) is 0.676. The maximum Gasteiger partial charge on any atom is 0.338 e. The van der Waals surface area contributed by atoms with E-state index >= 15 is 0 Å². The third kappa shape index (κ3) is 4.84. The minimum Gasteiger partial charge on any atom is -0.465 e. The van der Waals surface area contributed by atoms with Crippen molar-refractivity contribution in [3.05, 3.63) is 47.5 Å². The van der Waals surface area contributed by atoms with Crippen LogP contribution in [0, 0.1) is 45.3 Å². The molecule has 1 aromatic carbocycles. The Morgan fingerprint density at radius 1 is 0.844 bits per heavy atom. The number of carbonyl (C=O) groups is 4. The summed E-state index contributed by atoms with van der Waals surface area (Å²) in [7, 11) is 0. The first kappa shape index (κ1) is 31.8. The van der Waals surface area contributed by atoms with E-state index in [1.165, 1.54) is 19.4 Å². The molecule has 0 spiro atoms. The van der Waals surface area contributed by atoms with Gasteiger partial charge in [-0.05, 0) is 61.0 Å². The van der Waals surface area contributed by atoms with Crippen LogP contribution in [-0.4, -0.2) is 48.8 Å². The molecular formula is C37H48O8. The maximum absolute atomic E-state index is 13.3. The zero-order chi connectivity index (χ0) is 32.5. The predicted octanol–water partition coefficient (Wildman–Crippen LogP) is 6.46. The zero-order valence-electron chi connectivity index (χ0n) is 27.7. The van der Waals surface area contributed by atoms with Gasteiger partial charge in [0.1, 0.15) is 18.3 Å². The summed E-state index contributed by atoms with van der Waals surface area (Å²) in [6.07, 6.45) is 4.97. The Bertz CT molecular complexity index is 1410. The smallest absolute Gasteiger partial charge is 0.338 e. The van der Waals surface area contributed by atoms with Gasteiger partial charge < -0.3 is 18.9 Å². The lowest BCUT2D eigenvalue weighted by molar-refractivity contribution is -0.259. The van der Waals surface area contributed by atoms with E-state index in [9.17, 15) is 19.2 Å². The molecular weight excluding hydrogens is 572 g/mol. The predicted molar refractivity (Wildman–Crippen MR) is 166 cm³/mol. The first-order chi connectivity index (χ1) is 21.1. The molecule has 244 valence electrons. The molecule has 5 aliphatic rings. The normalized spacial score (nSPS) is 41.4. The third-order valence-corrected chi connectivity index (χ3v) is 13.1. The highest BCUT2D eigenvalue weighted by Gasteiger charge is 2.72. The second-order valence-corrected chi connectivity index (χ2v) is 15.6. The molecule has 6 rings (SSSR count). The van der Waals surface area contributed by atoms with Gasteiger partial charge in [0.25, 0.3) is 0 Å². The molecule has 1 aromatic rings. The second-order valence-electron chi connectivity index (χ2n) is 15.6. The van der Waals surface area contributed by atoms with E-state index in [4.69, 9.17) is 18.9 Å². The Morgan fingerprint density at radius 2 is 1.51 bits per heavy atom. The number of hydrogen-bond acceptors (Lipinski definition) is 8. The van der Waals surface area contributed by atoms with Gasteiger partial charge in [0, 0.05) is 42.4 Å². The molecule has 1 heterocycles. The number of rotatable bonds is 5. The van der Waals surface area contributed by atoms with Crippen molar-refractivity contribution in [3.63, 3.8) is 0 Å². The van der Waals surface area contributed by atoms with Crippen molar-refractivity contribution in [1.29, 1.82) is 0 Å². The number of fused-ring (bicyclic) bond motifs is 5. The molecule has 45 heavy (non-hydrogen) atoms. The van der Waals surface area contributed by atoms with E-state index in [2.05, 4.69) is 40.7 Å². The van der Waals surface area contributed by atoms with Crippen LogP contribution in [0.4, 0.5) is 0 Å². The molecule has 1 aliphatic heterocycles. The van der Waals surface area contributed by atoms with Crippen molar-refractivity contribution in [2.75, 3.05) is 6.61 Å². The molecule has 8 nitrogen and oxygen atoms in total. The number of esters is 4. The monoisotopic (exact) mass is 620 g/mol. The van der Waals surface area contributed by atoms with Crippen LogP contribution in [0.25, 0.3) is 0 Å². The first-order valence-electron chi connectivity index (χ1n) is 16.6. The number of cyclic esters (lactones) is 1. The average molecular weight is 621 g/mol. The highest BCUT2D eigenvalue weighted by molar-refractivity contribution is 5.89. The van der Waals surface area contributed by atoms with E-state index in [0.717, 1.165) is 19.3 Å². The van der Waals surface area contributed by atoms with Gasteiger partial charge in [-0.25, -0.2) is 4.79 Å². The number of hydrogen-bond donors (Lipinski definition) is 0. The van der Waals surface area contributed by atoms with Gasteiger partial charge in [-0.15, -0.1) is 0 Å². The van der Waals surface area contributed by atoms with Crippen molar-refractivity contribution in [1.82, 2.24) is 0 Å². The molecule has 4 fully saturated rings. The highest BCUT2D eigenvalue weighted by atomic mass is 16.6. The van der Waals surface area contributed by atoms with Crippen LogP contribution in [0.2, 0.25) is 0 Å². The molecule has 0 amide bonds. The van der Waals surface area contributed by atoms with Crippen molar-refractivity contribution >= 4 is 23.9 Å². The molecule has 4 aliphatic carbocycles. The summed E-state index contributed by atoms with van der Waals surface area (Å²) in [6.45, 7) is 14.5. The molecule has 8 heteroatoms. The number of carbonyl (C=O) groups excluding carboxylic acids is 4. The molecule has 10 atom stereocenters. The van der Waals surface area contributed by atoms with E-state index in [0.29, 0.717) is 31.4 Å². The van der Waals surface area contributed by atoms with Gasteiger partial charge in [-0.2, -0.15) is 0 Å². The minimum absolute atomic E-state index is 0.0297. The lowest BCUT2D eigenvalue weighted by Gasteiger charge is -2.70. The molecule has 0 aromatic heterocycles. The van der Waals surface area contributed by atoms with Crippen LogP contribution in [-0.2, 0) is 33.3 Å². The van der Waals surface area contributed by atoms with Crippen molar-refractivity contribution < 1.29 is 38.1 Å². The molecule has 0 radical (unpaired) electrons. The standard InChI is InChI=1S/C37H48O8/c1-21(38)43-30-18-28-34(3,4)29(45-33(41)23-11-9-8-10-12-23)19-31(44-22(2)39)37(28,7)27-15-16-35(5)25(24-17-32(40)42-20-24)13-14-26(35)36(27,30)6/h8-12,14,24-25,27-31H,13,15-20H2,1-7H3/t24?,25-,27-,28-,29+,30+,31-,35-,36-,37+/m0/s1. The number of allylic oxidation sites excluding steroid dienone is 1. The van der Waals surface area contributed by atoms with Crippen molar-refractivity contribution in [2.45, 2.75) is 105 Å². The Kier molecular flexibility index (Phi) is 7.76. The lowest BCUT2D eigenvalue weighted by atomic mass is 9.36. The molecule has 1 unspecified atom stereocenters. The Balaban J connectivity index is 1.41. The molecule has 1 saturated heterocycles. The van der Waals surface area contributed by atoms with E-state index in [1.807, 2.05) is 18.2 Å². The summed E-state index contributed by atoms with van der Waals surface area (Å²) in [5.74, 6) is -0.822. The summed E-state index contributed by atoms with van der Waals surface area (Å²) >= 11 is 0. The van der Waals surface area contributed by atoms with Gasteiger partial charge in [0.2, 0.25) is 0 Å². The fourth-order valence-corrected chi connectivity index (χ4v) is 11.1. The van der Waals surface area contributed by atoms with Crippen LogP contribution in [0.15, 0.2) is 42.0 Å². The SMILES string of the molecule is CC(=O)O[C@H]1C[C@@H](OC(=O)c2ccccc2)C(C)(C)[C@@H]2C[C@@H](OC(C)=O)[C@@]3(C)C4=CC[C@@H](C5COC(=O)C5)[C@]4(C)CC[C@@H]3[C@@]12C. The van der Waals surface area contributed by atoms with Crippen LogP contribution >= 0.6 is 0 Å². The van der Waals surface area contributed by atoms with Crippen molar-refractivity contribution in [3.8, 4) is 0 Å². The average Bonchev–Trinajstić information content (AvgIpc) is 3.55. The van der Waals surface area contributed by atoms with E-state index in [-0.39, 0.29) is 47.0 Å². The third-order valence-electron chi connectivity index (χ3n) is 13.1. The quantitative estimate of drug-likeness (QED) is 0.210. The summed E-state index contributed by atoms with van der Waals surface area (Å²) in [5, 5.41) is 0. The largest absolute Gasteiger partial charge is 0.465 e. The molecule has 0 bridgehead atoms. The Labute approximate surface area is 266 Å². The molecule has 0 N–H and O–H groups in total. The highest BCUT2D eigenvalue weighted by Crippen LogP contribution is 2.74. The van der Waals surface area contributed by atoms with Gasteiger partial charge in [0.05, 0.1) is 18.6 Å². The van der Waals surface area contributed by atoms with Crippen LogP contribution in [0.5, 0.6) is 0 Å². The zero-order valence-corrected chi connectivity index (χ0v) is 27.7. The number of benzene rings is 1. The van der Waals surface area contributed by atoms with Crippen molar-refractivity contribution in [2.24, 2.45) is 45.3 Å². The van der Waals surface area contributed by atoms with Crippen LogP contribution < -0.4 is 0 Å². The van der Waals surface area contributed by atoms with Crippen LogP contribution in [0.3, 0.4) is 0 Å². The summed E-state index contributed by atoms with van der Waals surface area (Å²) in [6, 6.07) is 8.96. The summed E-state index contributed by atoms with van der Waals surface area (Å²) in [5.41, 5.74) is 0.111. The van der Waals surface area contributed by atoms with Gasteiger partial charge in [-0.1, -0.05) is 64.5 Å². The first-order valence-corrected chi connectivity index (χ1v) is 16.6. The fourth-order valence-electron chi connectivity index (χ4n) is 11.1. The van der Waals surface area contributed by atoms with Gasteiger partial charge >= 0.3 is 23.9 Å². The van der Waals surface area contributed by atoms with Gasteiger partial charge in [-0.3, -0.25) is 14.4 Å². The Morgan fingerprint density at radius 3 is 2.13 bits per heavy atom. The summed E-state index contributed by atoms with van der Waals surface area (Å²) < 4.78 is 24.2. The van der Waals surface area contributed by atoms with E-state index in [1.54, 1.807) is 12.1 Å². The minimum atomic E-state index is -0.515. The van der Waals surface area contributed by atoms with E-state index < -0.39 is 40.5 Å². The Hall–Kier alpha value is -3.16. The number of ether oxygens (including phenoxy) is 4. The molecule has 3 saturated carbocycles. The lowest BCUT2D eigenvalue weighted by Crippen LogP contribution is -2.70. The van der Waals surface area contributed by atoms with Crippen LogP contribution in [0.1, 0.15) is 97.3 Å². The maximum atomic E-state index is 13.3. The topological polar surface area (TPSA) is 105 Å². The second kappa shape index (κ2) is 11.0.